The van der Waals surface area contributed by atoms with E-state index in [4.69, 9.17) is 9.47 Å². The zero-order valence-electron chi connectivity index (χ0n) is 14.5. The Labute approximate surface area is 156 Å². The molecule has 1 heterocycles. The second-order valence-electron chi connectivity index (χ2n) is 6.50. The molecule has 1 atom stereocenters. The van der Waals surface area contributed by atoms with E-state index in [1.165, 1.54) is 0 Å². The highest BCUT2D eigenvalue weighted by molar-refractivity contribution is 6.08. The number of esters is 1. The van der Waals surface area contributed by atoms with Crippen LogP contribution in [0.3, 0.4) is 0 Å². The molecule has 1 aliphatic heterocycles. The van der Waals surface area contributed by atoms with E-state index < -0.39 is 5.79 Å². The number of ether oxygens (including phenoxy) is 2. The van der Waals surface area contributed by atoms with Gasteiger partial charge in [0.25, 0.3) is 0 Å². The standard InChI is InChI=1S/C24H16O3/c25-23-20-15-7-9-17-10-8-16-21(22(17)20)24(27-23,18-11-3-1-4-12-18)26-19-13-5-2-6-14-19/h1-16H. The summed E-state index contributed by atoms with van der Waals surface area (Å²) in [5, 5.41) is 1.86. The maximum Gasteiger partial charge on any atom is 0.342 e. The Kier molecular flexibility index (Phi) is 3.47. The molecule has 0 spiro atoms. The van der Waals surface area contributed by atoms with Gasteiger partial charge in [-0.15, -0.1) is 0 Å². The summed E-state index contributed by atoms with van der Waals surface area (Å²) < 4.78 is 12.4. The number of carbonyl (C=O) groups excluding carboxylic acids is 1. The molecule has 0 N–H and O–H groups in total. The first-order chi connectivity index (χ1) is 13.3. The average molecular weight is 352 g/mol. The fourth-order valence-corrected chi connectivity index (χ4v) is 3.69. The van der Waals surface area contributed by atoms with Gasteiger partial charge in [-0.05, 0) is 23.6 Å². The monoisotopic (exact) mass is 352 g/mol. The molecule has 0 aliphatic carbocycles. The molecule has 0 saturated heterocycles. The maximum atomic E-state index is 12.9. The van der Waals surface area contributed by atoms with Gasteiger partial charge in [0, 0.05) is 16.5 Å². The van der Waals surface area contributed by atoms with Crippen LogP contribution in [0, 0.1) is 0 Å². The minimum absolute atomic E-state index is 0.390. The lowest BCUT2D eigenvalue weighted by Gasteiger charge is -2.38. The van der Waals surface area contributed by atoms with Gasteiger partial charge in [0.15, 0.2) is 0 Å². The van der Waals surface area contributed by atoms with E-state index in [-0.39, 0.29) is 5.97 Å². The lowest BCUT2D eigenvalue weighted by Crippen LogP contribution is -2.42. The normalized spacial score (nSPS) is 18.1. The number of hydrogen-bond acceptors (Lipinski definition) is 3. The summed E-state index contributed by atoms with van der Waals surface area (Å²) in [5.41, 5.74) is 2.15. The summed E-state index contributed by atoms with van der Waals surface area (Å²) in [6.07, 6.45) is 0. The van der Waals surface area contributed by atoms with Crippen LogP contribution in [0.4, 0.5) is 0 Å². The lowest BCUT2D eigenvalue weighted by atomic mass is 9.87. The van der Waals surface area contributed by atoms with Gasteiger partial charge >= 0.3 is 11.8 Å². The minimum Gasteiger partial charge on any atom is -0.444 e. The molecule has 3 nitrogen and oxygen atoms in total. The summed E-state index contributed by atoms with van der Waals surface area (Å²) >= 11 is 0. The van der Waals surface area contributed by atoms with Crippen LogP contribution in [0.25, 0.3) is 10.8 Å². The van der Waals surface area contributed by atoms with Crippen LogP contribution in [0.15, 0.2) is 97.1 Å². The van der Waals surface area contributed by atoms with Crippen molar-refractivity contribution in [3.63, 3.8) is 0 Å². The first kappa shape index (κ1) is 15.6. The highest BCUT2D eigenvalue weighted by atomic mass is 16.7. The van der Waals surface area contributed by atoms with Gasteiger partial charge in [0.2, 0.25) is 0 Å². The third kappa shape index (κ3) is 2.40. The van der Waals surface area contributed by atoms with Gasteiger partial charge in [-0.25, -0.2) is 4.79 Å². The van der Waals surface area contributed by atoms with Gasteiger partial charge < -0.3 is 9.47 Å². The Morgan fingerprint density at radius 1 is 0.704 bits per heavy atom. The average Bonchev–Trinajstić information content (AvgIpc) is 2.73. The van der Waals surface area contributed by atoms with Crippen molar-refractivity contribution in [2.24, 2.45) is 0 Å². The van der Waals surface area contributed by atoms with E-state index in [0.29, 0.717) is 11.3 Å². The zero-order chi connectivity index (χ0) is 18.3. The zero-order valence-corrected chi connectivity index (χ0v) is 14.5. The lowest BCUT2D eigenvalue weighted by molar-refractivity contribution is -0.121. The molecule has 4 aromatic carbocycles. The van der Waals surface area contributed by atoms with Crippen LogP contribution in [-0.4, -0.2) is 5.97 Å². The third-order valence-electron chi connectivity index (χ3n) is 4.87. The topological polar surface area (TPSA) is 35.5 Å². The SMILES string of the molecule is O=C1OC(Oc2ccccc2)(c2ccccc2)c2cccc3cccc1c23. The van der Waals surface area contributed by atoms with Gasteiger partial charge in [0.05, 0.1) is 5.56 Å². The highest BCUT2D eigenvalue weighted by Gasteiger charge is 2.46. The quantitative estimate of drug-likeness (QED) is 0.470. The van der Waals surface area contributed by atoms with Crippen LogP contribution in [0.2, 0.25) is 0 Å². The summed E-state index contributed by atoms with van der Waals surface area (Å²) in [6, 6.07) is 30.6. The molecule has 1 aliphatic rings. The van der Waals surface area contributed by atoms with Gasteiger partial charge in [-0.3, -0.25) is 0 Å². The Morgan fingerprint density at radius 3 is 2.11 bits per heavy atom. The third-order valence-corrected chi connectivity index (χ3v) is 4.87. The number of cyclic esters (lactones) is 1. The number of para-hydroxylation sites is 1. The predicted octanol–water partition coefficient (Wildman–Crippen LogP) is 5.29. The summed E-state index contributed by atoms with van der Waals surface area (Å²) in [7, 11) is 0. The second kappa shape index (κ2) is 5.99. The molecule has 5 rings (SSSR count). The van der Waals surface area contributed by atoms with Gasteiger partial charge in [-0.1, -0.05) is 78.9 Å². The molecular weight excluding hydrogens is 336 g/mol. The molecule has 1 unspecified atom stereocenters. The molecule has 0 aromatic heterocycles. The number of rotatable bonds is 3. The number of benzene rings is 4. The van der Waals surface area contributed by atoms with Crippen LogP contribution < -0.4 is 4.74 Å². The van der Waals surface area contributed by atoms with E-state index in [9.17, 15) is 4.79 Å². The Morgan fingerprint density at radius 2 is 1.37 bits per heavy atom. The van der Waals surface area contributed by atoms with Crippen molar-refractivity contribution in [3.05, 3.63) is 114 Å². The van der Waals surface area contributed by atoms with Crippen molar-refractivity contribution in [2.45, 2.75) is 5.79 Å². The Balaban J connectivity index is 1.84. The first-order valence-electron chi connectivity index (χ1n) is 8.83. The van der Waals surface area contributed by atoms with E-state index in [1.807, 2.05) is 91.0 Å². The van der Waals surface area contributed by atoms with Crippen LogP contribution >= 0.6 is 0 Å². The fourth-order valence-electron chi connectivity index (χ4n) is 3.69. The van der Waals surface area contributed by atoms with Crippen LogP contribution in [-0.2, 0) is 10.5 Å². The van der Waals surface area contributed by atoms with E-state index >= 15 is 0 Å². The van der Waals surface area contributed by atoms with Crippen molar-refractivity contribution < 1.29 is 14.3 Å². The maximum absolute atomic E-state index is 12.9. The second-order valence-corrected chi connectivity index (χ2v) is 6.50. The number of hydrogen-bond donors (Lipinski definition) is 0. The Hall–Kier alpha value is -3.59. The Bertz CT molecular complexity index is 1130. The smallest absolute Gasteiger partial charge is 0.342 e. The van der Waals surface area contributed by atoms with Crippen molar-refractivity contribution in [1.82, 2.24) is 0 Å². The van der Waals surface area contributed by atoms with Gasteiger partial charge in [0.1, 0.15) is 5.75 Å². The molecule has 0 radical (unpaired) electrons. The summed E-state index contributed by atoms with van der Waals surface area (Å²) in [6.45, 7) is 0. The highest BCUT2D eigenvalue weighted by Crippen LogP contribution is 2.44. The molecular formula is C24H16O3. The molecule has 3 heteroatoms. The largest absolute Gasteiger partial charge is 0.444 e. The van der Waals surface area contributed by atoms with E-state index in [0.717, 1.165) is 21.9 Å². The van der Waals surface area contributed by atoms with Crippen molar-refractivity contribution in [3.8, 4) is 5.75 Å². The summed E-state index contributed by atoms with van der Waals surface area (Å²) in [5.74, 6) is -1.10. The molecule has 0 bridgehead atoms. The molecule has 130 valence electrons. The van der Waals surface area contributed by atoms with Crippen molar-refractivity contribution in [2.75, 3.05) is 0 Å². The molecule has 0 saturated carbocycles. The van der Waals surface area contributed by atoms with Gasteiger partial charge in [-0.2, -0.15) is 0 Å². The predicted molar refractivity (Wildman–Crippen MR) is 104 cm³/mol. The molecule has 0 amide bonds. The van der Waals surface area contributed by atoms with Crippen LogP contribution in [0.1, 0.15) is 21.5 Å². The fraction of sp³-hybridized carbons (Fsp3) is 0.0417. The van der Waals surface area contributed by atoms with Crippen LogP contribution in [0.5, 0.6) is 5.75 Å². The first-order valence-corrected chi connectivity index (χ1v) is 8.83. The summed E-state index contributed by atoms with van der Waals surface area (Å²) in [4.78, 5) is 12.9. The van der Waals surface area contributed by atoms with E-state index in [1.54, 1.807) is 6.07 Å². The molecule has 4 aromatic rings. The molecule has 27 heavy (non-hydrogen) atoms. The van der Waals surface area contributed by atoms with E-state index in [2.05, 4.69) is 0 Å². The number of carbonyl (C=O) groups is 1. The molecule has 0 fully saturated rings. The minimum atomic E-state index is -1.34. The van der Waals surface area contributed by atoms with Crippen molar-refractivity contribution in [1.29, 1.82) is 0 Å². The van der Waals surface area contributed by atoms with Crippen molar-refractivity contribution >= 4 is 16.7 Å².